The first kappa shape index (κ1) is 13.1. The van der Waals surface area contributed by atoms with Crippen molar-refractivity contribution in [1.82, 2.24) is 4.90 Å². The van der Waals surface area contributed by atoms with E-state index < -0.39 is 0 Å². The molecule has 0 aliphatic carbocycles. The lowest BCUT2D eigenvalue weighted by atomic mass is 9.78. The number of likely N-dealkylation sites (tertiary alicyclic amines) is 1. The second-order valence-electron chi connectivity index (χ2n) is 5.57. The molecule has 2 heteroatoms. The predicted octanol–water partition coefficient (Wildman–Crippen LogP) is 4.46. The molecular weight excluding hydrogens is 274 g/mol. The molecule has 0 radical (unpaired) electrons. The summed E-state index contributed by atoms with van der Waals surface area (Å²) >= 11 is 3.48. The molecule has 0 spiro atoms. The van der Waals surface area contributed by atoms with E-state index in [4.69, 9.17) is 0 Å². The summed E-state index contributed by atoms with van der Waals surface area (Å²) in [6.45, 7) is 8.36. The zero-order chi connectivity index (χ0) is 12.3. The minimum absolute atomic E-state index is 0.593. The van der Waals surface area contributed by atoms with Gasteiger partial charge in [0.25, 0.3) is 0 Å². The molecule has 0 bridgehead atoms. The van der Waals surface area contributed by atoms with Gasteiger partial charge in [-0.15, -0.1) is 0 Å². The van der Waals surface area contributed by atoms with Crippen LogP contribution in [0.2, 0.25) is 0 Å². The van der Waals surface area contributed by atoms with Crippen LogP contribution in [-0.2, 0) is 6.54 Å². The van der Waals surface area contributed by atoms with E-state index in [1.165, 1.54) is 42.4 Å². The van der Waals surface area contributed by atoms with Crippen LogP contribution >= 0.6 is 15.9 Å². The standard InChI is InChI=1S/C15H22BrN/c1-3-15(2)8-10-17(11-9-15)12-13-4-6-14(16)7-5-13/h4-7H,3,8-12H2,1-2H3. The molecule has 94 valence electrons. The molecule has 1 saturated heterocycles. The van der Waals surface area contributed by atoms with Crippen molar-refractivity contribution < 1.29 is 0 Å². The first-order chi connectivity index (χ1) is 8.11. The van der Waals surface area contributed by atoms with E-state index in [0.29, 0.717) is 5.41 Å². The lowest BCUT2D eigenvalue weighted by molar-refractivity contribution is 0.109. The summed E-state index contributed by atoms with van der Waals surface area (Å²) in [6.07, 6.45) is 4.01. The van der Waals surface area contributed by atoms with Crippen LogP contribution in [0.15, 0.2) is 28.7 Å². The monoisotopic (exact) mass is 295 g/mol. The van der Waals surface area contributed by atoms with Gasteiger partial charge in [-0.2, -0.15) is 0 Å². The highest BCUT2D eigenvalue weighted by molar-refractivity contribution is 9.10. The van der Waals surface area contributed by atoms with Gasteiger partial charge in [0.2, 0.25) is 0 Å². The van der Waals surface area contributed by atoms with Gasteiger partial charge in [-0.1, -0.05) is 48.3 Å². The zero-order valence-electron chi connectivity index (χ0n) is 10.9. The number of benzene rings is 1. The average Bonchev–Trinajstić information content (AvgIpc) is 2.35. The van der Waals surface area contributed by atoms with Crippen LogP contribution in [0.1, 0.15) is 38.7 Å². The van der Waals surface area contributed by atoms with Gasteiger partial charge in [0.15, 0.2) is 0 Å². The fraction of sp³-hybridized carbons (Fsp3) is 0.600. The van der Waals surface area contributed by atoms with Crippen LogP contribution in [0.4, 0.5) is 0 Å². The maximum atomic E-state index is 3.48. The van der Waals surface area contributed by atoms with E-state index in [1.54, 1.807) is 0 Å². The van der Waals surface area contributed by atoms with E-state index in [-0.39, 0.29) is 0 Å². The lowest BCUT2D eigenvalue weighted by Gasteiger charge is -2.39. The minimum Gasteiger partial charge on any atom is -0.299 e. The SMILES string of the molecule is CCC1(C)CCN(Cc2ccc(Br)cc2)CC1. The molecule has 2 rings (SSSR count). The topological polar surface area (TPSA) is 3.24 Å². The molecule has 0 aromatic heterocycles. The van der Waals surface area contributed by atoms with Gasteiger partial charge in [0.05, 0.1) is 0 Å². The molecule has 1 fully saturated rings. The highest BCUT2D eigenvalue weighted by Gasteiger charge is 2.27. The van der Waals surface area contributed by atoms with Crippen molar-refractivity contribution in [2.75, 3.05) is 13.1 Å². The summed E-state index contributed by atoms with van der Waals surface area (Å²) in [5, 5.41) is 0. The van der Waals surface area contributed by atoms with Crippen molar-refractivity contribution in [2.24, 2.45) is 5.41 Å². The Hall–Kier alpha value is -0.340. The summed E-state index contributed by atoms with van der Waals surface area (Å²) in [6, 6.07) is 8.71. The van der Waals surface area contributed by atoms with Crippen molar-refractivity contribution in [3.05, 3.63) is 34.3 Å². The van der Waals surface area contributed by atoms with Gasteiger partial charge in [0, 0.05) is 11.0 Å². The predicted molar refractivity (Wildman–Crippen MR) is 77.1 cm³/mol. The van der Waals surface area contributed by atoms with Crippen LogP contribution in [0.25, 0.3) is 0 Å². The van der Waals surface area contributed by atoms with Crippen molar-refractivity contribution in [3.63, 3.8) is 0 Å². The molecule has 0 amide bonds. The number of piperidine rings is 1. The molecule has 1 aliphatic heterocycles. The average molecular weight is 296 g/mol. The second kappa shape index (κ2) is 5.53. The maximum absolute atomic E-state index is 3.48. The molecule has 0 atom stereocenters. The molecule has 1 aromatic rings. The molecule has 1 heterocycles. The Balaban J connectivity index is 1.88. The van der Waals surface area contributed by atoms with Crippen LogP contribution < -0.4 is 0 Å². The molecule has 0 saturated carbocycles. The zero-order valence-corrected chi connectivity index (χ0v) is 12.5. The summed E-state index contributed by atoms with van der Waals surface area (Å²) in [5.41, 5.74) is 2.02. The van der Waals surface area contributed by atoms with E-state index in [1.807, 2.05) is 0 Å². The Morgan fingerprint density at radius 2 is 1.76 bits per heavy atom. The number of nitrogens with zero attached hydrogens (tertiary/aromatic N) is 1. The Morgan fingerprint density at radius 1 is 1.18 bits per heavy atom. The normalized spacial score (nSPS) is 20.4. The van der Waals surface area contributed by atoms with Crippen molar-refractivity contribution in [2.45, 2.75) is 39.7 Å². The quantitative estimate of drug-likeness (QED) is 0.796. The van der Waals surface area contributed by atoms with Gasteiger partial charge in [-0.05, 0) is 49.0 Å². The van der Waals surface area contributed by atoms with Crippen LogP contribution in [0, 0.1) is 5.41 Å². The molecule has 1 nitrogen and oxygen atoms in total. The smallest absolute Gasteiger partial charge is 0.0233 e. The van der Waals surface area contributed by atoms with Crippen LogP contribution in [0.5, 0.6) is 0 Å². The third-order valence-corrected chi connectivity index (χ3v) is 4.76. The summed E-state index contributed by atoms with van der Waals surface area (Å²) < 4.78 is 1.17. The van der Waals surface area contributed by atoms with E-state index in [0.717, 1.165) is 6.54 Å². The molecule has 17 heavy (non-hydrogen) atoms. The fourth-order valence-corrected chi connectivity index (χ4v) is 2.72. The number of halogens is 1. The lowest BCUT2D eigenvalue weighted by Crippen LogP contribution is -2.37. The Morgan fingerprint density at radius 3 is 2.29 bits per heavy atom. The Kier molecular flexibility index (Phi) is 4.26. The Bertz CT molecular complexity index is 350. The fourth-order valence-electron chi connectivity index (χ4n) is 2.45. The third-order valence-electron chi connectivity index (χ3n) is 4.24. The highest BCUT2D eigenvalue weighted by atomic mass is 79.9. The summed E-state index contributed by atoms with van der Waals surface area (Å²) in [7, 11) is 0. The van der Waals surface area contributed by atoms with Crippen LogP contribution in [-0.4, -0.2) is 18.0 Å². The third kappa shape index (κ3) is 3.56. The van der Waals surface area contributed by atoms with Crippen LogP contribution in [0.3, 0.4) is 0 Å². The number of rotatable bonds is 3. The van der Waals surface area contributed by atoms with Gasteiger partial charge >= 0.3 is 0 Å². The first-order valence-electron chi connectivity index (χ1n) is 6.58. The minimum atomic E-state index is 0.593. The Labute approximate surface area is 113 Å². The second-order valence-corrected chi connectivity index (χ2v) is 6.48. The molecule has 1 aliphatic rings. The van der Waals surface area contributed by atoms with Gasteiger partial charge in [0.1, 0.15) is 0 Å². The number of hydrogen-bond acceptors (Lipinski definition) is 1. The summed E-state index contributed by atoms with van der Waals surface area (Å²) in [5.74, 6) is 0. The van der Waals surface area contributed by atoms with E-state index in [2.05, 4.69) is 58.9 Å². The summed E-state index contributed by atoms with van der Waals surface area (Å²) in [4.78, 5) is 2.58. The van der Waals surface area contributed by atoms with Crippen molar-refractivity contribution >= 4 is 15.9 Å². The molecule has 0 N–H and O–H groups in total. The molecule has 1 aromatic carbocycles. The van der Waals surface area contributed by atoms with Gasteiger partial charge in [-0.3, -0.25) is 4.90 Å². The molecule has 0 unspecified atom stereocenters. The van der Waals surface area contributed by atoms with E-state index in [9.17, 15) is 0 Å². The maximum Gasteiger partial charge on any atom is 0.0233 e. The largest absolute Gasteiger partial charge is 0.299 e. The number of hydrogen-bond donors (Lipinski definition) is 0. The highest BCUT2D eigenvalue weighted by Crippen LogP contribution is 2.34. The van der Waals surface area contributed by atoms with Crippen molar-refractivity contribution in [1.29, 1.82) is 0 Å². The first-order valence-corrected chi connectivity index (χ1v) is 7.37. The van der Waals surface area contributed by atoms with Gasteiger partial charge in [-0.25, -0.2) is 0 Å². The van der Waals surface area contributed by atoms with E-state index >= 15 is 0 Å². The van der Waals surface area contributed by atoms with Gasteiger partial charge < -0.3 is 0 Å². The van der Waals surface area contributed by atoms with Crippen molar-refractivity contribution in [3.8, 4) is 0 Å². The molecular formula is C15H22BrN.